The van der Waals surface area contributed by atoms with E-state index >= 15 is 0 Å². The molecule has 0 rings (SSSR count). The Bertz CT molecular complexity index is 80.6. The third-order valence-electron chi connectivity index (χ3n) is 0.612. The summed E-state index contributed by atoms with van der Waals surface area (Å²) in [5.74, 6) is 0. The summed E-state index contributed by atoms with van der Waals surface area (Å²) in [5.41, 5.74) is -0.324. The highest BCUT2D eigenvalue weighted by Gasteiger charge is 2.17. The zero-order valence-corrected chi connectivity index (χ0v) is 5.63. The van der Waals surface area contributed by atoms with Crippen molar-refractivity contribution >= 4 is 17.7 Å². The average molecular weight is 117 g/mol. The Hall–Kier alpha value is -0.110. The van der Waals surface area contributed by atoms with Crippen molar-refractivity contribution in [1.29, 1.82) is 0 Å². The first-order valence-electron chi connectivity index (χ1n) is 2.16. The maximum Gasteiger partial charge on any atom is 0.224 e. The van der Waals surface area contributed by atoms with Gasteiger partial charge in [0, 0.05) is 5.41 Å². The van der Waals surface area contributed by atoms with Gasteiger partial charge in [0.1, 0.15) is 0 Å². The van der Waals surface area contributed by atoms with E-state index in [-0.39, 0.29) is 10.5 Å². The predicted octanol–water partition coefficient (Wildman–Crippen LogP) is 1.76. The molecule has 0 unspecified atom stereocenters. The molecule has 7 heavy (non-hydrogen) atoms. The Balaban J connectivity index is 3.79. The monoisotopic (exact) mass is 117 g/mol. The quantitative estimate of drug-likeness (QED) is 0.472. The largest absolute Gasteiger partial charge is 0.281 e. The van der Waals surface area contributed by atoms with E-state index in [1.165, 1.54) is 0 Å². The van der Waals surface area contributed by atoms with Crippen molar-refractivity contribution < 1.29 is 4.79 Å². The lowest BCUT2D eigenvalue weighted by atomic mass is 10.00. The van der Waals surface area contributed by atoms with E-state index in [4.69, 9.17) is 0 Å². The Morgan fingerprint density at radius 2 is 1.57 bits per heavy atom. The maximum atomic E-state index is 10.3. The van der Waals surface area contributed by atoms with Crippen molar-refractivity contribution in [2.45, 2.75) is 20.8 Å². The van der Waals surface area contributed by atoms with Crippen LogP contribution in [0, 0.1) is 5.41 Å². The van der Waals surface area contributed by atoms with Crippen LogP contribution in [0.3, 0.4) is 0 Å². The fourth-order valence-electron chi connectivity index (χ4n) is 0. The third kappa shape index (κ3) is 2.57. The number of carbonyl (C=O) groups is 1. The van der Waals surface area contributed by atoms with Crippen LogP contribution in [-0.4, -0.2) is 5.12 Å². The second-order valence-electron chi connectivity index (χ2n) is 2.54. The molecule has 0 aliphatic heterocycles. The molecule has 0 spiro atoms. The average Bonchev–Trinajstić information content (AvgIpc) is 1.31. The van der Waals surface area contributed by atoms with Gasteiger partial charge in [-0.1, -0.05) is 20.8 Å². The first-order chi connectivity index (χ1) is 2.94. The molecule has 41 valence electrons. The minimum Gasteiger partial charge on any atom is -0.281 e. The minimum absolute atomic E-state index is 0.174. The molecule has 0 saturated carbocycles. The summed E-state index contributed by atoms with van der Waals surface area (Å²) in [6.07, 6.45) is 0. The Morgan fingerprint density at radius 1 is 1.43 bits per heavy atom. The lowest BCUT2D eigenvalue weighted by Gasteiger charge is -2.09. The zero-order valence-electron chi connectivity index (χ0n) is 4.82. The highest BCUT2D eigenvalue weighted by Crippen LogP contribution is 2.15. The molecule has 0 heterocycles. The molecule has 0 N–H and O–H groups in total. The van der Waals surface area contributed by atoms with Crippen molar-refractivity contribution in [2.24, 2.45) is 5.41 Å². The molecule has 0 aromatic heterocycles. The molecule has 0 saturated heterocycles. The van der Waals surface area contributed by atoms with Gasteiger partial charge < -0.3 is 0 Å². The standard InChI is InChI=1S/C5H9OS/c1-5(2,3)4(6)7/h1-3H3. The second-order valence-corrected chi connectivity index (χ2v) is 2.91. The van der Waals surface area contributed by atoms with Gasteiger partial charge in [-0.2, -0.15) is 0 Å². The summed E-state index contributed by atoms with van der Waals surface area (Å²) in [6.45, 7) is 5.42. The fourth-order valence-corrected chi connectivity index (χ4v) is 0. The van der Waals surface area contributed by atoms with Crippen molar-refractivity contribution in [2.75, 3.05) is 0 Å². The van der Waals surface area contributed by atoms with Crippen LogP contribution in [0.1, 0.15) is 20.8 Å². The summed E-state index contributed by atoms with van der Waals surface area (Å²) in [7, 11) is 0. The van der Waals surface area contributed by atoms with E-state index in [0.717, 1.165) is 0 Å². The molecule has 0 atom stereocenters. The van der Waals surface area contributed by atoms with Crippen molar-refractivity contribution in [1.82, 2.24) is 0 Å². The van der Waals surface area contributed by atoms with Crippen LogP contribution in [0.5, 0.6) is 0 Å². The highest BCUT2D eigenvalue weighted by molar-refractivity contribution is 7.96. The fraction of sp³-hybridized carbons (Fsp3) is 0.800. The first kappa shape index (κ1) is 6.89. The van der Waals surface area contributed by atoms with Gasteiger partial charge in [0.2, 0.25) is 5.12 Å². The van der Waals surface area contributed by atoms with Crippen LogP contribution >= 0.6 is 12.6 Å². The van der Waals surface area contributed by atoms with Gasteiger partial charge in [0.15, 0.2) is 0 Å². The Labute approximate surface area is 49.5 Å². The van der Waals surface area contributed by atoms with E-state index in [1.807, 2.05) is 20.8 Å². The van der Waals surface area contributed by atoms with Gasteiger partial charge in [-0.05, 0) is 12.6 Å². The van der Waals surface area contributed by atoms with Crippen molar-refractivity contribution in [3.05, 3.63) is 0 Å². The number of hydrogen-bond donors (Lipinski definition) is 0. The highest BCUT2D eigenvalue weighted by atomic mass is 32.1. The lowest BCUT2D eigenvalue weighted by molar-refractivity contribution is -0.117. The van der Waals surface area contributed by atoms with Gasteiger partial charge in [0.05, 0.1) is 0 Å². The molecule has 0 amide bonds. The summed E-state index contributed by atoms with van der Waals surface area (Å²) < 4.78 is 0. The van der Waals surface area contributed by atoms with E-state index in [9.17, 15) is 4.79 Å². The van der Waals surface area contributed by atoms with E-state index in [0.29, 0.717) is 0 Å². The Morgan fingerprint density at radius 3 is 1.57 bits per heavy atom. The molecule has 1 radical (unpaired) electrons. The maximum absolute atomic E-state index is 10.3. The molecule has 2 heteroatoms. The van der Waals surface area contributed by atoms with E-state index in [2.05, 4.69) is 12.6 Å². The van der Waals surface area contributed by atoms with Gasteiger partial charge in [-0.15, -0.1) is 0 Å². The van der Waals surface area contributed by atoms with Crippen molar-refractivity contribution in [3.8, 4) is 0 Å². The van der Waals surface area contributed by atoms with Crippen LogP contribution in [0.15, 0.2) is 0 Å². The third-order valence-corrected chi connectivity index (χ3v) is 1.22. The van der Waals surface area contributed by atoms with Crippen LogP contribution in [0.25, 0.3) is 0 Å². The molecular formula is C5H9OS. The lowest BCUT2D eigenvalue weighted by Crippen LogP contribution is -2.13. The molecule has 0 aromatic rings. The summed E-state index contributed by atoms with van der Waals surface area (Å²) in [5, 5.41) is -0.174. The summed E-state index contributed by atoms with van der Waals surface area (Å²) in [6, 6.07) is 0. The van der Waals surface area contributed by atoms with Gasteiger partial charge in [0.25, 0.3) is 0 Å². The molecule has 0 aromatic carbocycles. The zero-order chi connectivity index (χ0) is 6.08. The molecule has 0 fully saturated rings. The molecule has 0 aliphatic rings. The molecule has 0 bridgehead atoms. The number of hydrogen-bond acceptors (Lipinski definition) is 1. The van der Waals surface area contributed by atoms with Crippen molar-refractivity contribution in [3.63, 3.8) is 0 Å². The number of carbonyl (C=O) groups excluding carboxylic acids is 1. The predicted molar refractivity (Wildman–Crippen MR) is 32.1 cm³/mol. The van der Waals surface area contributed by atoms with E-state index in [1.54, 1.807) is 0 Å². The van der Waals surface area contributed by atoms with Gasteiger partial charge in [-0.3, -0.25) is 4.79 Å². The second kappa shape index (κ2) is 1.78. The van der Waals surface area contributed by atoms with Crippen LogP contribution < -0.4 is 0 Å². The van der Waals surface area contributed by atoms with Crippen LogP contribution in [0.4, 0.5) is 0 Å². The molecular weight excluding hydrogens is 108 g/mol. The molecule has 1 nitrogen and oxygen atoms in total. The summed E-state index contributed by atoms with van der Waals surface area (Å²) >= 11 is 4.38. The molecule has 0 aliphatic carbocycles. The first-order valence-corrected chi connectivity index (χ1v) is 2.57. The van der Waals surface area contributed by atoms with Gasteiger partial charge in [-0.25, -0.2) is 0 Å². The Kier molecular flexibility index (Phi) is 1.75. The van der Waals surface area contributed by atoms with Crippen LogP contribution in [0.2, 0.25) is 0 Å². The number of rotatable bonds is 0. The normalized spacial score (nSPS) is 11.3. The van der Waals surface area contributed by atoms with E-state index < -0.39 is 0 Å². The summed E-state index contributed by atoms with van der Waals surface area (Å²) in [4.78, 5) is 10.3. The SMILES string of the molecule is CC(C)(C)C(=O)[S]. The van der Waals surface area contributed by atoms with Gasteiger partial charge >= 0.3 is 0 Å². The topological polar surface area (TPSA) is 17.1 Å². The van der Waals surface area contributed by atoms with Crippen LogP contribution in [-0.2, 0) is 4.79 Å². The smallest absolute Gasteiger partial charge is 0.224 e. The minimum atomic E-state index is -0.324.